The van der Waals surface area contributed by atoms with Crippen LogP contribution in [0.1, 0.15) is 32.1 Å². The minimum absolute atomic E-state index is 0.261. The minimum Gasteiger partial charge on any atom is -0.491 e. The molecular formula is C20H26N2O3. The van der Waals surface area contributed by atoms with Crippen molar-refractivity contribution in [1.29, 1.82) is 0 Å². The molecule has 2 aliphatic rings. The lowest BCUT2D eigenvalue weighted by Gasteiger charge is -2.35. The molecule has 1 saturated carbocycles. The van der Waals surface area contributed by atoms with Gasteiger partial charge < -0.3 is 19.5 Å². The van der Waals surface area contributed by atoms with Crippen molar-refractivity contribution in [2.75, 3.05) is 26.4 Å². The highest BCUT2D eigenvalue weighted by atomic mass is 16.7. The molecule has 1 aliphatic carbocycles. The maximum Gasteiger partial charge on any atom is 0.168 e. The van der Waals surface area contributed by atoms with Crippen LogP contribution < -0.4 is 10.1 Å². The normalized spacial score (nSPS) is 20.3. The van der Waals surface area contributed by atoms with Crippen molar-refractivity contribution >= 4 is 10.9 Å². The molecule has 1 saturated heterocycles. The number of hydrogen-bond donors (Lipinski definition) is 1. The lowest BCUT2D eigenvalue weighted by Crippen LogP contribution is -2.42. The van der Waals surface area contributed by atoms with Crippen molar-refractivity contribution in [2.45, 2.75) is 43.9 Å². The lowest BCUT2D eigenvalue weighted by molar-refractivity contribution is -0.179. The number of benzene rings is 1. The Bertz CT molecular complexity index is 685. The molecule has 4 rings (SSSR count). The SMILES string of the molecule is c1cnc2c(OCCCNC3CCC4(CC3)OCCO4)cccc2c1. The van der Waals surface area contributed by atoms with Gasteiger partial charge in [-0.2, -0.15) is 0 Å². The van der Waals surface area contributed by atoms with E-state index in [0.717, 1.165) is 68.5 Å². The third-order valence-electron chi connectivity index (χ3n) is 5.17. The molecule has 0 unspecified atom stereocenters. The Morgan fingerprint density at radius 2 is 1.92 bits per heavy atom. The predicted octanol–water partition coefficient (Wildman–Crippen LogP) is 3.28. The Hall–Kier alpha value is -1.69. The van der Waals surface area contributed by atoms with E-state index >= 15 is 0 Å². The van der Waals surface area contributed by atoms with Gasteiger partial charge in [0.1, 0.15) is 11.3 Å². The molecule has 1 N–H and O–H groups in total. The zero-order valence-electron chi connectivity index (χ0n) is 14.6. The van der Waals surface area contributed by atoms with E-state index in [2.05, 4.69) is 22.4 Å². The fraction of sp³-hybridized carbons (Fsp3) is 0.550. The number of para-hydroxylation sites is 1. The molecule has 2 aromatic rings. The Kier molecular flexibility index (Phi) is 5.15. The molecule has 0 atom stereocenters. The molecule has 1 spiro atoms. The zero-order valence-corrected chi connectivity index (χ0v) is 14.6. The van der Waals surface area contributed by atoms with Crippen molar-refractivity contribution in [3.8, 4) is 5.75 Å². The summed E-state index contributed by atoms with van der Waals surface area (Å²) in [7, 11) is 0. The standard InChI is InChI=1S/C20H26N2O3/c1-4-16-5-2-11-22-19(16)18(6-1)23-13-3-12-21-17-7-9-20(10-8-17)24-14-15-25-20/h1-2,4-6,11,17,21H,3,7-10,12-15H2. The molecule has 5 heteroatoms. The molecule has 2 fully saturated rings. The van der Waals surface area contributed by atoms with Gasteiger partial charge in [0.05, 0.1) is 19.8 Å². The van der Waals surface area contributed by atoms with Crippen LogP contribution in [0.15, 0.2) is 36.5 Å². The Morgan fingerprint density at radius 1 is 1.12 bits per heavy atom. The highest BCUT2D eigenvalue weighted by molar-refractivity contribution is 5.84. The summed E-state index contributed by atoms with van der Waals surface area (Å²) in [5.74, 6) is 0.607. The number of fused-ring (bicyclic) bond motifs is 1. The summed E-state index contributed by atoms with van der Waals surface area (Å²) in [6.45, 7) is 3.17. The molecule has 5 nitrogen and oxygen atoms in total. The van der Waals surface area contributed by atoms with Gasteiger partial charge in [0, 0.05) is 30.5 Å². The summed E-state index contributed by atoms with van der Waals surface area (Å²) in [5, 5.41) is 4.76. The first-order valence-electron chi connectivity index (χ1n) is 9.33. The number of aromatic nitrogens is 1. The van der Waals surface area contributed by atoms with Crippen LogP contribution in [0, 0.1) is 0 Å². The largest absolute Gasteiger partial charge is 0.491 e. The van der Waals surface area contributed by atoms with Gasteiger partial charge in [-0.05, 0) is 37.9 Å². The molecular weight excluding hydrogens is 316 g/mol. The summed E-state index contributed by atoms with van der Waals surface area (Å²) < 4.78 is 17.5. The first-order valence-corrected chi connectivity index (χ1v) is 9.33. The van der Waals surface area contributed by atoms with Gasteiger partial charge in [0.2, 0.25) is 0 Å². The van der Waals surface area contributed by atoms with Gasteiger partial charge >= 0.3 is 0 Å². The smallest absolute Gasteiger partial charge is 0.168 e. The number of nitrogens with zero attached hydrogens (tertiary/aromatic N) is 1. The summed E-state index contributed by atoms with van der Waals surface area (Å²) >= 11 is 0. The summed E-state index contributed by atoms with van der Waals surface area (Å²) in [4.78, 5) is 4.42. The number of rotatable bonds is 6. The molecule has 134 valence electrons. The van der Waals surface area contributed by atoms with Crippen molar-refractivity contribution < 1.29 is 14.2 Å². The lowest BCUT2D eigenvalue weighted by atomic mass is 9.90. The third-order valence-corrected chi connectivity index (χ3v) is 5.17. The highest BCUT2D eigenvalue weighted by Crippen LogP contribution is 2.35. The minimum atomic E-state index is -0.261. The van der Waals surface area contributed by atoms with Crippen LogP contribution in [-0.2, 0) is 9.47 Å². The Morgan fingerprint density at radius 3 is 2.76 bits per heavy atom. The Labute approximate surface area is 148 Å². The van der Waals surface area contributed by atoms with Gasteiger partial charge in [-0.1, -0.05) is 18.2 Å². The Balaban J connectivity index is 1.18. The fourth-order valence-electron chi connectivity index (χ4n) is 3.80. The van der Waals surface area contributed by atoms with Crippen LogP contribution in [-0.4, -0.2) is 43.2 Å². The van der Waals surface area contributed by atoms with E-state index in [4.69, 9.17) is 14.2 Å². The third kappa shape index (κ3) is 3.94. The predicted molar refractivity (Wildman–Crippen MR) is 96.7 cm³/mol. The van der Waals surface area contributed by atoms with Crippen LogP contribution in [0.2, 0.25) is 0 Å². The number of pyridine rings is 1. The molecule has 0 bridgehead atoms. The van der Waals surface area contributed by atoms with Crippen molar-refractivity contribution in [3.63, 3.8) is 0 Å². The first-order chi connectivity index (χ1) is 12.3. The van der Waals surface area contributed by atoms with Crippen LogP contribution in [0.4, 0.5) is 0 Å². The zero-order chi connectivity index (χ0) is 17.0. The molecule has 0 radical (unpaired) electrons. The van der Waals surface area contributed by atoms with Gasteiger partial charge in [-0.15, -0.1) is 0 Å². The molecule has 2 heterocycles. The number of ether oxygens (including phenoxy) is 3. The quantitative estimate of drug-likeness (QED) is 0.817. The van der Waals surface area contributed by atoms with E-state index in [1.165, 1.54) is 0 Å². The van der Waals surface area contributed by atoms with E-state index in [0.29, 0.717) is 12.6 Å². The molecule has 1 aromatic heterocycles. The maximum atomic E-state index is 5.94. The van der Waals surface area contributed by atoms with E-state index in [9.17, 15) is 0 Å². The van der Waals surface area contributed by atoms with Crippen LogP contribution in [0.5, 0.6) is 5.75 Å². The molecule has 1 aliphatic heterocycles. The fourth-order valence-corrected chi connectivity index (χ4v) is 3.80. The van der Waals surface area contributed by atoms with Crippen molar-refractivity contribution in [1.82, 2.24) is 10.3 Å². The first kappa shape index (κ1) is 16.8. The van der Waals surface area contributed by atoms with Crippen molar-refractivity contribution in [3.05, 3.63) is 36.5 Å². The second kappa shape index (κ2) is 7.68. The summed E-state index contributed by atoms with van der Waals surface area (Å²) in [6.07, 6.45) is 7.04. The van der Waals surface area contributed by atoms with Crippen molar-refractivity contribution in [2.24, 2.45) is 0 Å². The van der Waals surface area contributed by atoms with Gasteiger partial charge in [-0.3, -0.25) is 4.98 Å². The van der Waals surface area contributed by atoms with Crippen LogP contribution in [0.3, 0.4) is 0 Å². The average Bonchev–Trinajstić information content (AvgIpc) is 3.11. The van der Waals surface area contributed by atoms with Gasteiger partial charge in [0.25, 0.3) is 0 Å². The van der Waals surface area contributed by atoms with E-state index in [1.807, 2.05) is 24.4 Å². The number of nitrogens with one attached hydrogen (secondary N) is 1. The maximum absolute atomic E-state index is 5.94. The highest BCUT2D eigenvalue weighted by Gasteiger charge is 2.39. The second-order valence-corrected chi connectivity index (χ2v) is 6.87. The second-order valence-electron chi connectivity index (χ2n) is 6.87. The summed E-state index contributed by atoms with van der Waals surface area (Å²) in [6, 6.07) is 10.6. The topological polar surface area (TPSA) is 52.6 Å². The van der Waals surface area contributed by atoms with E-state index < -0.39 is 0 Å². The molecule has 0 amide bonds. The monoisotopic (exact) mass is 342 g/mol. The summed E-state index contributed by atoms with van der Waals surface area (Å²) in [5.41, 5.74) is 0.937. The molecule has 25 heavy (non-hydrogen) atoms. The van der Waals surface area contributed by atoms with Gasteiger partial charge in [-0.25, -0.2) is 0 Å². The van der Waals surface area contributed by atoms with Crippen LogP contribution >= 0.6 is 0 Å². The van der Waals surface area contributed by atoms with Crippen LogP contribution in [0.25, 0.3) is 10.9 Å². The van der Waals surface area contributed by atoms with E-state index in [1.54, 1.807) is 0 Å². The van der Waals surface area contributed by atoms with E-state index in [-0.39, 0.29) is 5.79 Å². The number of hydrogen-bond acceptors (Lipinski definition) is 5. The molecule has 1 aromatic carbocycles. The van der Waals surface area contributed by atoms with Gasteiger partial charge in [0.15, 0.2) is 5.79 Å². The average molecular weight is 342 g/mol.